The number of unbranched alkanes of at least 4 members (excludes halogenated alkanes) is 1. The van der Waals surface area contributed by atoms with Crippen LogP contribution in [0.4, 0.5) is 17.1 Å². The summed E-state index contributed by atoms with van der Waals surface area (Å²) in [5, 5.41) is 2.45. The van der Waals surface area contributed by atoms with Gasteiger partial charge in [0, 0.05) is 23.7 Å². The van der Waals surface area contributed by atoms with E-state index in [-0.39, 0.29) is 51.6 Å². The molecule has 5 aromatic carbocycles. The van der Waals surface area contributed by atoms with Crippen molar-refractivity contribution >= 4 is 76.4 Å². The molecule has 0 fully saturated rings. The highest BCUT2D eigenvalue weighted by Gasteiger charge is 2.40. The first kappa shape index (κ1) is 50.3. The van der Waals surface area contributed by atoms with E-state index in [0.29, 0.717) is 12.0 Å². The van der Waals surface area contributed by atoms with Crippen LogP contribution in [0.3, 0.4) is 0 Å². The highest BCUT2D eigenvalue weighted by atomic mass is 32.2. The summed E-state index contributed by atoms with van der Waals surface area (Å²) in [6.07, 6.45) is 1.22. The summed E-state index contributed by atoms with van der Waals surface area (Å²) in [5.41, 5.74) is 4.68. The van der Waals surface area contributed by atoms with Crippen molar-refractivity contribution in [3.8, 4) is 0 Å². The van der Waals surface area contributed by atoms with Gasteiger partial charge in [0.1, 0.15) is 0 Å². The minimum Gasteiger partial charge on any atom is -0.366 e. The summed E-state index contributed by atoms with van der Waals surface area (Å²) in [6, 6.07) is 28.9. The molecule has 0 aromatic heterocycles. The van der Waals surface area contributed by atoms with Crippen LogP contribution < -0.4 is 30.1 Å². The summed E-state index contributed by atoms with van der Waals surface area (Å²) in [4.78, 5) is 71.4. The second kappa shape index (κ2) is 22.0. The minimum absolute atomic E-state index is 0.0805. The summed E-state index contributed by atoms with van der Waals surface area (Å²) >= 11 is 0. The smallest absolute Gasteiger partial charge is 0.261 e. The molecule has 0 aliphatic carbocycles. The number of primary amides is 1. The number of rotatable bonds is 23. The molecule has 0 saturated heterocycles. The first-order valence-corrected chi connectivity index (χ1v) is 25.4. The third kappa shape index (κ3) is 13.2. The van der Waals surface area contributed by atoms with Gasteiger partial charge in [-0.25, -0.2) is 30.0 Å². The lowest BCUT2D eigenvalue weighted by Gasteiger charge is -2.36. The number of Topliss-reactive ketones (excluding diaryl/α,β-unsaturated/α-hetero) is 2. The van der Waals surface area contributed by atoms with Crippen molar-refractivity contribution in [1.29, 1.82) is 0 Å². The predicted molar refractivity (Wildman–Crippen MR) is 250 cm³/mol. The number of sulfonamides is 3. The van der Waals surface area contributed by atoms with E-state index in [1.54, 1.807) is 42.5 Å². The van der Waals surface area contributed by atoms with E-state index in [2.05, 4.69) is 19.5 Å². The molecule has 0 aliphatic rings. The number of nitrogens with zero attached hydrogens (tertiary/aromatic N) is 1. The number of benzene rings is 5. The Morgan fingerprint density at radius 3 is 1.80 bits per heavy atom. The van der Waals surface area contributed by atoms with Crippen LogP contribution in [0.5, 0.6) is 0 Å². The lowest BCUT2D eigenvalue weighted by molar-refractivity contribution is -0.124. The van der Waals surface area contributed by atoms with Gasteiger partial charge in [-0.05, 0) is 73.0 Å². The third-order valence-electron chi connectivity index (χ3n) is 10.2. The van der Waals surface area contributed by atoms with Gasteiger partial charge in [-0.2, -0.15) is 0 Å². The number of nitrogens with two attached hydrogens (primary N) is 1. The fourth-order valence-electron chi connectivity index (χ4n) is 7.09. The molecule has 0 aliphatic heterocycles. The van der Waals surface area contributed by atoms with E-state index in [1.165, 1.54) is 85.8 Å². The van der Waals surface area contributed by atoms with E-state index >= 15 is 4.79 Å². The Morgan fingerprint density at radius 2 is 1.26 bits per heavy atom. The van der Waals surface area contributed by atoms with Crippen LogP contribution in [-0.4, -0.2) is 79.9 Å². The number of amides is 3. The van der Waals surface area contributed by atoms with Crippen LogP contribution >= 0.6 is 0 Å². The maximum absolute atomic E-state index is 15.6. The van der Waals surface area contributed by atoms with Gasteiger partial charge in [0.25, 0.3) is 31.9 Å². The molecule has 0 spiro atoms. The molecule has 17 nitrogen and oxygen atoms in total. The Labute approximate surface area is 384 Å². The van der Waals surface area contributed by atoms with Crippen LogP contribution in [0.2, 0.25) is 0 Å². The Kier molecular flexibility index (Phi) is 16.7. The zero-order valence-electron chi connectivity index (χ0n) is 36.3. The second-order valence-electron chi connectivity index (χ2n) is 15.2. The number of hydrogen-bond donors (Lipinski definition) is 5. The molecule has 2 atom stereocenters. The van der Waals surface area contributed by atoms with Gasteiger partial charge >= 0.3 is 0 Å². The lowest BCUT2D eigenvalue weighted by atomic mass is 9.83. The van der Waals surface area contributed by atoms with Gasteiger partial charge in [-0.15, -0.1) is 0 Å². The van der Waals surface area contributed by atoms with Crippen molar-refractivity contribution in [2.75, 3.05) is 33.7 Å². The number of carbonyl (C=O) groups excluding carboxylic acids is 5. The first-order valence-electron chi connectivity index (χ1n) is 20.6. The van der Waals surface area contributed by atoms with Crippen molar-refractivity contribution in [3.05, 3.63) is 150 Å². The van der Waals surface area contributed by atoms with Gasteiger partial charge in [0.05, 0.1) is 58.0 Å². The standard InChI is InChI=1S/C46H50N6O11S3/c1-4-5-24-40(42(55)29-48-31(2)53)52(46(57)33-18-15-19-34(28-33)50-65(60,61)35-20-11-7-12-21-35)44-37(45(47)56)25-26-39(51-66(62,63)36-22-13-8-14-23-36)43(44)38(27-32-16-9-6-10-17-32)41(54)30-49-64(3,58)59/h6-23,25-26,28,38,40,49-51H,4-5,24,27,29-30H2,1-3H3,(H2,47,56)(H,48,53)/t38-,40?/m1/s1. The molecule has 5 aromatic rings. The summed E-state index contributed by atoms with van der Waals surface area (Å²) in [7, 11) is -12.8. The number of hydrogen-bond acceptors (Lipinski definition) is 11. The quantitative estimate of drug-likeness (QED) is 0.0597. The highest BCUT2D eigenvalue weighted by molar-refractivity contribution is 7.93. The number of ketones is 2. The maximum Gasteiger partial charge on any atom is 0.261 e. The largest absolute Gasteiger partial charge is 0.366 e. The van der Waals surface area contributed by atoms with Gasteiger partial charge in [0.2, 0.25) is 15.9 Å². The molecule has 5 rings (SSSR count). The molecule has 0 heterocycles. The summed E-state index contributed by atoms with van der Waals surface area (Å²) in [5.74, 6) is -5.95. The maximum atomic E-state index is 15.6. The Hall–Kier alpha value is -6.74. The molecule has 0 bridgehead atoms. The topological polar surface area (TPSA) is 265 Å². The number of anilines is 3. The average molecular weight is 959 g/mol. The molecular formula is C46H50N6O11S3. The zero-order valence-corrected chi connectivity index (χ0v) is 38.7. The highest BCUT2D eigenvalue weighted by Crippen LogP contribution is 2.43. The minimum atomic E-state index is -4.54. The van der Waals surface area contributed by atoms with Crippen LogP contribution in [0.25, 0.3) is 0 Å². The summed E-state index contributed by atoms with van der Waals surface area (Å²) in [6.45, 7) is 1.54. The van der Waals surface area contributed by atoms with Crippen LogP contribution in [0, 0.1) is 0 Å². The number of nitrogens with one attached hydrogen (secondary N) is 4. The first-order chi connectivity index (χ1) is 31.2. The summed E-state index contributed by atoms with van der Waals surface area (Å²) < 4.78 is 87.2. The monoisotopic (exact) mass is 958 g/mol. The SMILES string of the molecule is CCCCC(C(=O)CNC(C)=O)N(C(=O)c1cccc(NS(=O)(=O)c2ccccc2)c1)c1c(C(N)=O)ccc(NS(=O)(=O)c2ccccc2)c1[C@H](Cc1ccccc1)C(=O)CNS(C)(=O)=O. The van der Waals surface area contributed by atoms with E-state index in [1.807, 2.05) is 6.92 Å². The molecule has 66 heavy (non-hydrogen) atoms. The third-order valence-corrected chi connectivity index (χ3v) is 13.7. The van der Waals surface area contributed by atoms with Gasteiger partial charge < -0.3 is 11.1 Å². The van der Waals surface area contributed by atoms with E-state index < -0.39 is 95.7 Å². The van der Waals surface area contributed by atoms with Gasteiger partial charge in [-0.1, -0.05) is 92.6 Å². The molecule has 348 valence electrons. The van der Waals surface area contributed by atoms with Crippen LogP contribution in [0.15, 0.2) is 137 Å². The van der Waals surface area contributed by atoms with Crippen molar-refractivity contribution in [2.45, 2.75) is 61.3 Å². The predicted octanol–water partition coefficient (Wildman–Crippen LogP) is 4.74. The second-order valence-corrected chi connectivity index (χ2v) is 20.4. The molecule has 6 N–H and O–H groups in total. The molecular weight excluding hydrogens is 909 g/mol. The molecule has 3 amide bonds. The van der Waals surface area contributed by atoms with E-state index in [9.17, 15) is 44.4 Å². The average Bonchev–Trinajstić information content (AvgIpc) is 3.28. The Balaban J connectivity index is 1.90. The molecule has 1 unspecified atom stereocenters. The van der Waals surface area contributed by atoms with Crippen molar-refractivity contribution in [3.63, 3.8) is 0 Å². The van der Waals surface area contributed by atoms with Crippen molar-refractivity contribution in [1.82, 2.24) is 10.0 Å². The fraction of sp³-hybridized carbons (Fsp3) is 0.239. The Morgan fingerprint density at radius 1 is 0.682 bits per heavy atom. The molecule has 0 radical (unpaired) electrons. The molecule has 20 heteroatoms. The van der Waals surface area contributed by atoms with Gasteiger partial charge in [0.15, 0.2) is 11.6 Å². The normalized spacial score (nSPS) is 12.6. The van der Waals surface area contributed by atoms with Crippen molar-refractivity contribution < 1.29 is 49.2 Å². The number of carbonyl (C=O) groups is 5. The van der Waals surface area contributed by atoms with Gasteiger partial charge in [-0.3, -0.25) is 38.3 Å². The van der Waals surface area contributed by atoms with E-state index in [4.69, 9.17) is 5.73 Å². The van der Waals surface area contributed by atoms with Crippen LogP contribution in [-0.2, 0) is 50.9 Å². The van der Waals surface area contributed by atoms with E-state index in [0.717, 1.165) is 17.2 Å². The fourth-order valence-corrected chi connectivity index (χ4v) is 9.67. The van der Waals surface area contributed by atoms with Crippen LogP contribution in [0.1, 0.15) is 70.9 Å². The Bertz CT molecular complexity index is 2920. The van der Waals surface area contributed by atoms with Crippen molar-refractivity contribution in [2.24, 2.45) is 5.73 Å². The lowest BCUT2D eigenvalue weighted by Crippen LogP contribution is -2.50. The molecule has 0 saturated carbocycles. The zero-order chi connectivity index (χ0) is 48.2.